The molecule has 96 valence electrons. The van der Waals surface area contributed by atoms with E-state index in [1.807, 2.05) is 11.8 Å². The molecule has 0 bridgehead atoms. The van der Waals surface area contributed by atoms with Crippen LogP contribution in [0.25, 0.3) is 0 Å². The minimum atomic E-state index is 0.592. The lowest BCUT2D eigenvalue weighted by Gasteiger charge is -2.42. The predicted octanol–water partition coefficient (Wildman–Crippen LogP) is 2.58. The summed E-state index contributed by atoms with van der Waals surface area (Å²) < 4.78 is 0. The molecule has 1 fully saturated rings. The number of nitrogens with zero attached hydrogens (tertiary/aromatic N) is 1. The molecule has 1 rings (SSSR count). The van der Waals surface area contributed by atoms with Gasteiger partial charge in [0, 0.05) is 12.6 Å². The van der Waals surface area contributed by atoms with E-state index in [9.17, 15) is 0 Å². The standard InChI is InChI=1S/C13H28N2S/c1-4-13(2)6-8-15(9-7-13)12(11-14)5-10-16-3/h12H,4-11,14H2,1-3H3. The van der Waals surface area contributed by atoms with Crippen molar-refractivity contribution in [2.75, 3.05) is 31.6 Å². The molecule has 1 aliphatic rings. The highest BCUT2D eigenvalue weighted by molar-refractivity contribution is 7.98. The number of hydrogen-bond donors (Lipinski definition) is 1. The molecular weight excluding hydrogens is 216 g/mol. The lowest BCUT2D eigenvalue weighted by atomic mass is 9.78. The van der Waals surface area contributed by atoms with E-state index in [0.717, 1.165) is 6.54 Å². The van der Waals surface area contributed by atoms with Gasteiger partial charge >= 0.3 is 0 Å². The van der Waals surface area contributed by atoms with Gasteiger partial charge in [0.15, 0.2) is 0 Å². The van der Waals surface area contributed by atoms with Crippen LogP contribution in [-0.4, -0.2) is 42.6 Å². The Morgan fingerprint density at radius 3 is 2.44 bits per heavy atom. The summed E-state index contributed by atoms with van der Waals surface area (Å²) >= 11 is 1.93. The number of thioether (sulfide) groups is 1. The number of piperidine rings is 1. The largest absolute Gasteiger partial charge is 0.329 e. The summed E-state index contributed by atoms with van der Waals surface area (Å²) in [7, 11) is 0. The molecule has 0 aromatic rings. The van der Waals surface area contributed by atoms with E-state index in [0.29, 0.717) is 11.5 Å². The molecule has 0 amide bonds. The van der Waals surface area contributed by atoms with E-state index in [1.54, 1.807) is 0 Å². The summed E-state index contributed by atoms with van der Waals surface area (Å²) in [5.74, 6) is 1.24. The molecule has 16 heavy (non-hydrogen) atoms. The average Bonchev–Trinajstić information content (AvgIpc) is 2.32. The number of rotatable bonds is 6. The highest BCUT2D eigenvalue weighted by Crippen LogP contribution is 2.34. The lowest BCUT2D eigenvalue weighted by molar-refractivity contribution is 0.0820. The predicted molar refractivity (Wildman–Crippen MR) is 75.0 cm³/mol. The molecule has 2 nitrogen and oxygen atoms in total. The van der Waals surface area contributed by atoms with Crippen molar-refractivity contribution in [1.82, 2.24) is 4.90 Å². The molecule has 1 aliphatic heterocycles. The lowest BCUT2D eigenvalue weighted by Crippen LogP contribution is -2.47. The second-order valence-electron chi connectivity index (χ2n) is 5.37. The van der Waals surface area contributed by atoms with Crippen LogP contribution in [0.5, 0.6) is 0 Å². The van der Waals surface area contributed by atoms with Crippen LogP contribution in [0.15, 0.2) is 0 Å². The molecule has 0 aromatic carbocycles. The summed E-state index contributed by atoms with van der Waals surface area (Å²) in [6.45, 7) is 8.08. The smallest absolute Gasteiger partial charge is 0.0226 e. The van der Waals surface area contributed by atoms with E-state index < -0.39 is 0 Å². The van der Waals surface area contributed by atoms with Gasteiger partial charge in [0.2, 0.25) is 0 Å². The fraction of sp³-hybridized carbons (Fsp3) is 1.00. The minimum Gasteiger partial charge on any atom is -0.329 e. The first-order chi connectivity index (χ1) is 7.65. The molecule has 1 saturated heterocycles. The fourth-order valence-corrected chi connectivity index (χ4v) is 2.99. The zero-order chi connectivity index (χ0) is 12.0. The van der Waals surface area contributed by atoms with Crippen molar-refractivity contribution in [3.8, 4) is 0 Å². The van der Waals surface area contributed by atoms with Gasteiger partial charge in [0.1, 0.15) is 0 Å². The van der Waals surface area contributed by atoms with Crippen molar-refractivity contribution < 1.29 is 0 Å². The normalized spacial score (nSPS) is 23.2. The number of hydrogen-bond acceptors (Lipinski definition) is 3. The first-order valence-corrected chi connectivity index (χ1v) is 7.97. The Kier molecular flexibility index (Phi) is 6.16. The van der Waals surface area contributed by atoms with Crippen molar-refractivity contribution in [2.45, 2.75) is 45.6 Å². The molecule has 0 aliphatic carbocycles. The molecular formula is C13H28N2S. The zero-order valence-corrected chi connectivity index (χ0v) is 12.0. The Hall–Kier alpha value is 0.270. The molecule has 3 heteroatoms. The highest BCUT2D eigenvalue weighted by Gasteiger charge is 2.30. The van der Waals surface area contributed by atoms with Gasteiger partial charge in [-0.1, -0.05) is 20.3 Å². The third-order valence-electron chi connectivity index (χ3n) is 4.30. The minimum absolute atomic E-state index is 0.592. The van der Waals surface area contributed by atoms with Gasteiger partial charge in [0.25, 0.3) is 0 Å². The molecule has 1 unspecified atom stereocenters. The second-order valence-corrected chi connectivity index (χ2v) is 6.36. The number of likely N-dealkylation sites (tertiary alicyclic amines) is 1. The first-order valence-electron chi connectivity index (χ1n) is 6.58. The SMILES string of the molecule is CCC1(C)CCN(C(CN)CCSC)CC1. The summed E-state index contributed by atoms with van der Waals surface area (Å²) in [5, 5.41) is 0. The van der Waals surface area contributed by atoms with Crippen LogP contribution in [0.1, 0.15) is 39.5 Å². The summed E-state index contributed by atoms with van der Waals surface area (Å²) in [6.07, 6.45) is 7.44. The molecule has 1 atom stereocenters. The summed E-state index contributed by atoms with van der Waals surface area (Å²) in [5.41, 5.74) is 6.49. The molecule has 0 radical (unpaired) electrons. The third-order valence-corrected chi connectivity index (χ3v) is 4.95. The summed E-state index contributed by atoms with van der Waals surface area (Å²) in [4.78, 5) is 2.62. The van der Waals surface area contributed by atoms with Crippen molar-refractivity contribution in [3.63, 3.8) is 0 Å². The van der Waals surface area contributed by atoms with E-state index >= 15 is 0 Å². The first kappa shape index (κ1) is 14.3. The van der Waals surface area contributed by atoms with Crippen molar-refractivity contribution in [3.05, 3.63) is 0 Å². The van der Waals surface area contributed by atoms with Gasteiger partial charge in [-0.3, -0.25) is 4.90 Å². The van der Waals surface area contributed by atoms with Gasteiger partial charge in [-0.2, -0.15) is 11.8 Å². The van der Waals surface area contributed by atoms with Crippen LogP contribution in [0.2, 0.25) is 0 Å². The molecule has 0 spiro atoms. The Balaban J connectivity index is 2.38. The van der Waals surface area contributed by atoms with Crippen LogP contribution < -0.4 is 5.73 Å². The van der Waals surface area contributed by atoms with Crippen LogP contribution in [0.3, 0.4) is 0 Å². The maximum atomic E-state index is 5.89. The maximum Gasteiger partial charge on any atom is 0.0226 e. The van der Waals surface area contributed by atoms with Gasteiger partial charge in [-0.05, 0) is 49.8 Å². The van der Waals surface area contributed by atoms with Crippen LogP contribution in [0, 0.1) is 5.41 Å². The van der Waals surface area contributed by atoms with Crippen LogP contribution >= 0.6 is 11.8 Å². The van der Waals surface area contributed by atoms with Gasteiger partial charge in [-0.15, -0.1) is 0 Å². The van der Waals surface area contributed by atoms with Crippen LogP contribution in [0.4, 0.5) is 0 Å². The topological polar surface area (TPSA) is 29.3 Å². The van der Waals surface area contributed by atoms with Gasteiger partial charge in [0.05, 0.1) is 0 Å². The average molecular weight is 244 g/mol. The highest BCUT2D eigenvalue weighted by atomic mass is 32.2. The summed E-state index contributed by atoms with van der Waals surface area (Å²) in [6, 6.07) is 0.619. The van der Waals surface area contributed by atoms with E-state index in [4.69, 9.17) is 5.73 Å². The zero-order valence-electron chi connectivity index (χ0n) is 11.2. The van der Waals surface area contributed by atoms with Gasteiger partial charge < -0.3 is 5.73 Å². The van der Waals surface area contributed by atoms with Crippen molar-refractivity contribution >= 4 is 11.8 Å². The number of nitrogens with two attached hydrogens (primary N) is 1. The Bertz CT molecular complexity index is 188. The quantitative estimate of drug-likeness (QED) is 0.779. The maximum absolute atomic E-state index is 5.89. The van der Waals surface area contributed by atoms with Crippen molar-refractivity contribution in [2.24, 2.45) is 11.1 Å². The second kappa shape index (κ2) is 6.87. The van der Waals surface area contributed by atoms with Gasteiger partial charge in [-0.25, -0.2) is 0 Å². The van der Waals surface area contributed by atoms with E-state index in [-0.39, 0.29) is 0 Å². The van der Waals surface area contributed by atoms with E-state index in [2.05, 4.69) is 25.0 Å². The van der Waals surface area contributed by atoms with E-state index in [1.165, 1.54) is 44.5 Å². The fourth-order valence-electron chi connectivity index (χ4n) is 2.49. The van der Waals surface area contributed by atoms with Crippen LogP contribution in [-0.2, 0) is 0 Å². The molecule has 2 N–H and O–H groups in total. The molecule has 0 saturated carbocycles. The van der Waals surface area contributed by atoms with Crippen molar-refractivity contribution in [1.29, 1.82) is 0 Å². The molecule has 1 heterocycles. The third kappa shape index (κ3) is 3.94. The molecule has 0 aromatic heterocycles. The Labute approximate surface area is 105 Å². The Morgan fingerprint density at radius 2 is 2.00 bits per heavy atom. The monoisotopic (exact) mass is 244 g/mol. The Morgan fingerprint density at radius 1 is 1.38 bits per heavy atom.